The molecule has 6 N–H and O–H groups in total. The molecule has 1 atom stereocenters. The van der Waals surface area contributed by atoms with E-state index in [0.29, 0.717) is 11.6 Å². The number of aromatic nitrogens is 3. The van der Waals surface area contributed by atoms with Gasteiger partial charge in [0.1, 0.15) is 16.6 Å². The molecule has 2 heterocycles. The molecule has 0 bridgehead atoms. The highest BCUT2D eigenvalue weighted by Gasteiger charge is 2.11. The van der Waals surface area contributed by atoms with Crippen LogP contribution >= 0.6 is 11.3 Å². The molecule has 96 valence electrons. The molecule has 0 spiro atoms. The average molecular weight is 265 g/mol. The lowest BCUT2D eigenvalue weighted by atomic mass is 10.3. The number of nitrogens with zero attached hydrogens (tertiary/aromatic N) is 3. The summed E-state index contributed by atoms with van der Waals surface area (Å²) in [5, 5.41) is 6.21. The topological polar surface area (TPSA) is 115 Å². The Balaban J connectivity index is 2.16. The van der Waals surface area contributed by atoms with Gasteiger partial charge >= 0.3 is 0 Å². The molecule has 0 aliphatic heterocycles. The quantitative estimate of drug-likeness (QED) is 0.486. The second kappa shape index (κ2) is 5.15. The molecule has 0 amide bonds. The van der Waals surface area contributed by atoms with Crippen molar-refractivity contribution in [2.75, 3.05) is 16.5 Å². The zero-order valence-electron chi connectivity index (χ0n) is 10.1. The molecule has 0 radical (unpaired) electrons. The first-order valence-electron chi connectivity index (χ1n) is 5.38. The van der Waals surface area contributed by atoms with Crippen LogP contribution in [-0.4, -0.2) is 15.0 Å². The van der Waals surface area contributed by atoms with Crippen LogP contribution in [0.5, 0.6) is 0 Å². The van der Waals surface area contributed by atoms with E-state index < -0.39 is 0 Å². The molecule has 0 saturated heterocycles. The minimum Gasteiger partial charge on any atom is -0.368 e. The van der Waals surface area contributed by atoms with Crippen LogP contribution in [0.4, 0.5) is 17.6 Å². The Morgan fingerprint density at radius 3 is 2.61 bits per heavy atom. The molecule has 0 fully saturated rings. The number of aryl methyl sites for hydroxylation is 1. The van der Waals surface area contributed by atoms with Gasteiger partial charge in [-0.15, -0.1) is 11.3 Å². The monoisotopic (exact) mass is 265 g/mol. The van der Waals surface area contributed by atoms with Crippen molar-refractivity contribution in [1.29, 1.82) is 0 Å². The minimum absolute atomic E-state index is 0.0450. The van der Waals surface area contributed by atoms with E-state index in [1.54, 1.807) is 17.4 Å². The molecule has 2 aromatic rings. The Hall–Kier alpha value is -1.93. The third kappa shape index (κ3) is 2.84. The Bertz CT molecular complexity index is 539. The number of nitrogens with two attached hydrogens (primary N) is 2. The van der Waals surface area contributed by atoms with Gasteiger partial charge in [0.2, 0.25) is 5.95 Å². The molecule has 18 heavy (non-hydrogen) atoms. The van der Waals surface area contributed by atoms with Crippen LogP contribution in [0.25, 0.3) is 0 Å². The molecule has 7 nitrogen and oxygen atoms in total. The van der Waals surface area contributed by atoms with E-state index in [4.69, 9.17) is 11.6 Å². The van der Waals surface area contributed by atoms with Crippen molar-refractivity contribution in [3.05, 3.63) is 22.1 Å². The SMILES string of the molecule is Cc1csc(C(C)Nc2cc(NN)nc(N)n2)n1. The number of nitrogens with one attached hydrogen (secondary N) is 2. The summed E-state index contributed by atoms with van der Waals surface area (Å²) in [5.41, 5.74) is 9.03. The van der Waals surface area contributed by atoms with Crippen LogP contribution in [0, 0.1) is 6.92 Å². The zero-order valence-corrected chi connectivity index (χ0v) is 11.0. The summed E-state index contributed by atoms with van der Waals surface area (Å²) in [5.74, 6) is 6.53. The predicted molar refractivity (Wildman–Crippen MR) is 73.1 cm³/mol. The second-order valence-corrected chi connectivity index (χ2v) is 4.72. The number of thiazole rings is 1. The zero-order chi connectivity index (χ0) is 13.1. The van der Waals surface area contributed by atoms with Gasteiger partial charge in [-0.05, 0) is 13.8 Å². The first kappa shape index (κ1) is 12.5. The first-order chi connectivity index (χ1) is 8.58. The fraction of sp³-hybridized carbons (Fsp3) is 0.300. The van der Waals surface area contributed by atoms with E-state index in [-0.39, 0.29) is 12.0 Å². The Morgan fingerprint density at radius 1 is 1.28 bits per heavy atom. The molecule has 0 aromatic carbocycles. The largest absolute Gasteiger partial charge is 0.368 e. The van der Waals surface area contributed by atoms with Gasteiger partial charge in [0.25, 0.3) is 0 Å². The van der Waals surface area contributed by atoms with Crippen LogP contribution in [0.2, 0.25) is 0 Å². The van der Waals surface area contributed by atoms with Crippen LogP contribution < -0.4 is 22.3 Å². The summed E-state index contributed by atoms with van der Waals surface area (Å²) in [6.07, 6.45) is 0. The Morgan fingerprint density at radius 2 is 2.00 bits per heavy atom. The van der Waals surface area contributed by atoms with Crippen LogP contribution in [0.1, 0.15) is 23.7 Å². The third-order valence-electron chi connectivity index (χ3n) is 2.26. The van der Waals surface area contributed by atoms with E-state index in [0.717, 1.165) is 10.7 Å². The maximum Gasteiger partial charge on any atom is 0.223 e. The number of rotatable bonds is 4. The summed E-state index contributed by atoms with van der Waals surface area (Å²) in [6.45, 7) is 3.97. The number of anilines is 3. The molecular formula is C10H15N7S. The van der Waals surface area contributed by atoms with Crippen molar-refractivity contribution in [2.24, 2.45) is 5.84 Å². The normalized spacial score (nSPS) is 12.2. The number of hydrazine groups is 1. The van der Waals surface area contributed by atoms with E-state index in [1.807, 2.05) is 19.2 Å². The lowest BCUT2D eigenvalue weighted by Crippen LogP contribution is -2.13. The van der Waals surface area contributed by atoms with Crippen LogP contribution in [-0.2, 0) is 0 Å². The van der Waals surface area contributed by atoms with Gasteiger partial charge in [-0.2, -0.15) is 9.97 Å². The number of nitrogen functional groups attached to an aromatic ring is 2. The predicted octanol–water partition coefficient (Wildman–Crippen LogP) is 1.28. The van der Waals surface area contributed by atoms with E-state index in [1.165, 1.54) is 0 Å². The van der Waals surface area contributed by atoms with Crippen molar-refractivity contribution < 1.29 is 0 Å². The van der Waals surface area contributed by atoms with E-state index >= 15 is 0 Å². The molecule has 1 unspecified atom stereocenters. The molecule has 0 saturated carbocycles. The van der Waals surface area contributed by atoms with Crippen molar-refractivity contribution in [3.8, 4) is 0 Å². The van der Waals surface area contributed by atoms with E-state index in [9.17, 15) is 0 Å². The van der Waals surface area contributed by atoms with Crippen molar-refractivity contribution >= 4 is 28.9 Å². The lowest BCUT2D eigenvalue weighted by molar-refractivity contribution is 0.854. The first-order valence-corrected chi connectivity index (χ1v) is 6.26. The summed E-state index contributed by atoms with van der Waals surface area (Å²) in [6, 6.07) is 1.73. The molecular weight excluding hydrogens is 250 g/mol. The molecule has 0 aliphatic carbocycles. The third-order valence-corrected chi connectivity index (χ3v) is 3.41. The number of hydrogen-bond acceptors (Lipinski definition) is 8. The highest BCUT2D eigenvalue weighted by Crippen LogP contribution is 2.22. The maximum atomic E-state index is 5.58. The van der Waals surface area contributed by atoms with Gasteiger partial charge in [0, 0.05) is 17.1 Å². The lowest BCUT2D eigenvalue weighted by Gasteiger charge is -2.12. The Labute approximate surface area is 109 Å². The minimum atomic E-state index is 0.0450. The van der Waals surface area contributed by atoms with Gasteiger partial charge < -0.3 is 16.5 Å². The van der Waals surface area contributed by atoms with Gasteiger partial charge in [-0.1, -0.05) is 0 Å². The summed E-state index contributed by atoms with van der Waals surface area (Å²) >= 11 is 1.60. The van der Waals surface area contributed by atoms with Gasteiger partial charge in [-0.3, -0.25) is 0 Å². The average Bonchev–Trinajstić information content (AvgIpc) is 2.75. The fourth-order valence-electron chi connectivity index (χ4n) is 1.47. The van der Waals surface area contributed by atoms with Gasteiger partial charge in [-0.25, -0.2) is 10.8 Å². The van der Waals surface area contributed by atoms with Crippen LogP contribution in [0.15, 0.2) is 11.4 Å². The second-order valence-electron chi connectivity index (χ2n) is 3.83. The summed E-state index contributed by atoms with van der Waals surface area (Å²) < 4.78 is 0. The van der Waals surface area contributed by atoms with Crippen molar-refractivity contribution in [3.63, 3.8) is 0 Å². The molecule has 8 heteroatoms. The molecule has 0 aliphatic rings. The highest BCUT2D eigenvalue weighted by molar-refractivity contribution is 7.09. The summed E-state index contributed by atoms with van der Waals surface area (Å²) in [7, 11) is 0. The van der Waals surface area contributed by atoms with Crippen molar-refractivity contribution in [2.45, 2.75) is 19.9 Å². The maximum absolute atomic E-state index is 5.58. The molecule has 2 rings (SSSR count). The summed E-state index contributed by atoms with van der Waals surface area (Å²) in [4.78, 5) is 12.4. The smallest absolute Gasteiger partial charge is 0.223 e. The Kier molecular flexibility index (Phi) is 3.58. The highest BCUT2D eigenvalue weighted by atomic mass is 32.1. The number of hydrogen-bond donors (Lipinski definition) is 4. The van der Waals surface area contributed by atoms with Gasteiger partial charge in [0.05, 0.1) is 6.04 Å². The van der Waals surface area contributed by atoms with Crippen LogP contribution in [0.3, 0.4) is 0 Å². The van der Waals surface area contributed by atoms with Gasteiger partial charge in [0.15, 0.2) is 0 Å². The standard InChI is InChI=1S/C10H15N7S/c1-5-4-18-9(13-5)6(2)14-7-3-8(17-12)16-10(11)15-7/h3-4,6H,12H2,1-2H3,(H4,11,14,15,16,17). The van der Waals surface area contributed by atoms with Crippen molar-refractivity contribution in [1.82, 2.24) is 15.0 Å². The fourth-order valence-corrected chi connectivity index (χ4v) is 2.27. The molecule has 2 aromatic heterocycles. The van der Waals surface area contributed by atoms with E-state index in [2.05, 4.69) is 25.7 Å².